The van der Waals surface area contributed by atoms with Gasteiger partial charge < -0.3 is 14.7 Å². The molecule has 2 rings (SSSR count). The number of hydrogen-bond donors (Lipinski definition) is 1. The Morgan fingerprint density at radius 1 is 1.20 bits per heavy atom. The fourth-order valence-corrected chi connectivity index (χ4v) is 2.91. The van der Waals surface area contributed by atoms with Gasteiger partial charge in [-0.25, -0.2) is 0 Å². The third-order valence-electron chi connectivity index (χ3n) is 3.77. The van der Waals surface area contributed by atoms with E-state index in [1.807, 2.05) is 0 Å². The normalized spacial score (nSPS) is 34.8. The molecule has 1 N–H and O–H groups in total. The van der Waals surface area contributed by atoms with Crippen LogP contribution in [0.3, 0.4) is 0 Å². The van der Waals surface area contributed by atoms with E-state index < -0.39 is 0 Å². The maximum atomic E-state index is 9.52. The highest BCUT2D eigenvalue weighted by atomic mass is 16.5. The Morgan fingerprint density at radius 2 is 1.93 bits per heavy atom. The van der Waals surface area contributed by atoms with Crippen molar-refractivity contribution >= 4 is 0 Å². The van der Waals surface area contributed by atoms with Crippen LogP contribution in [0.25, 0.3) is 0 Å². The van der Waals surface area contributed by atoms with Crippen molar-refractivity contribution in [1.29, 1.82) is 0 Å². The highest BCUT2D eigenvalue weighted by Crippen LogP contribution is 2.27. The summed E-state index contributed by atoms with van der Waals surface area (Å²) in [4.78, 5) is 2.55. The minimum absolute atomic E-state index is 0.0420. The average Bonchev–Trinajstić information content (AvgIpc) is 2.67. The lowest BCUT2D eigenvalue weighted by Crippen LogP contribution is -2.42. The summed E-state index contributed by atoms with van der Waals surface area (Å²) in [6.45, 7) is 5.22. The predicted octanol–water partition coefficient (Wildman–Crippen LogP) is 1.40. The van der Waals surface area contributed by atoms with Crippen LogP contribution < -0.4 is 0 Å². The van der Waals surface area contributed by atoms with Crippen LogP contribution in [-0.2, 0) is 4.74 Å². The number of aliphatic hydroxyl groups excluding tert-OH is 1. The molecule has 2 atom stereocenters. The van der Waals surface area contributed by atoms with Crippen LogP contribution >= 0.6 is 0 Å². The molecule has 1 aliphatic heterocycles. The van der Waals surface area contributed by atoms with Gasteiger partial charge in [0.15, 0.2) is 0 Å². The zero-order chi connectivity index (χ0) is 10.7. The minimum Gasteiger partial charge on any atom is -0.393 e. The van der Waals surface area contributed by atoms with Crippen molar-refractivity contribution < 1.29 is 9.84 Å². The van der Waals surface area contributed by atoms with Gasteiger partial charge in [-0.15, -0.1) is 0 Å². The molecule has 0 bridgehead atoms. The molecule has 1 saturated heterocycles. The quantitative estimate of drug-likeness (QED) is 0.769. The van der Waals surface area contributed by atoms with Gasteiger partial charge in [0.25, 0.3) is 0 Å². The van der Waals surface area contributed by atoms with E-state index in [-0.39, 0.29) is 6.10 Å². The summed E-state index contributed by atoms with van der Waals surface area (Å²) >= 11 is 0. The fraction of sp³-hybridized carbons (Fsp3) is 1.00. The minimum atomic E-state index is -0.0420. The second-order valence-corrected chi connectivity index (χ2v) is 4.81. The van der Waals surface area contributed by atoms with E-state index in [0.29, 0.717) is 12.1 Å². The van der Waals surface area contributed by atoms with Gasteiger partial charge in [0, 0.05) is 25.7 Å². The second kappa shape index (κ2) is 5.28. The molecule has 88 valence electrons. The van der Waals surface area contributed by atoms with Crippen LogP contribution in [0.2, 0.25) is 0 Å². The Morgan fingerprint density at radius 3 is 2.47 bits per heavy atom. The third-order valence-corrected chi connectivity index (χ3v) is 3.77. The zero-order valence-electron chi connectivity index (χ0n) is 9.69. The Hall–Kier alpha value is -0.120. The van der Waals surface area contributed by atoms with Gasteiger partial charge in [-0.05, 0) is 39.0 Å². The molecule has 2 aliphatic rings. The summed E-state index contributed by atoms with van der Waals surface area (Å²) in [5.41, 5.74) is 0. The van der Waals surface area contributed by atoms with Crippen molar-refractivity contribution in [2.45, 2.75) is 57.3 Å². The third kappa shape index (κ3) is 2.92. The van der Waals surface area contributed by atoms with Crippen LogP contribution in [0.15, 0.2) is 0 Å². The highest BCUT2D eigenvalue weighted by Gasteiger charge is 2.30. The van der Waals surface area contributed by atoms with Gasteiger partial charge in [-0.1, -0.05) is 0 Å². The number of rotatable bonds is 3. The number of likely N-dealkylation sites (tertiary alicyclic amines) is 1. The van der Waals surface area contributed by atoms with Gasteiger partial charge in [0.05, 0.1) is 12.2 Å². The lowest BCUT2D eigenvalue weighted by atomic mass is 10.0. The zero-order valence-corrected chi connectivity index (χ0v) is 9.69. The molecule has 15 heavy (non-hydrogen) atoms. The molecule has 2 unspecified atom stereocenters. The maximum Gasteiger partial charge on any atom is 0.0599 e. The molecule has 1 heterocycles. The van der Waals surface area contributed by atoms with Gasteiger partial charge in [0.1, 0.15) is 0 Å². The molecule has 3 nitrogen and oxygen atoms in total. The first kappa shape index (κ1) is 11.4. The molecular formula is C12H23NO2. The molecule has 0 aromatic carbocycles. The lowest BCUT2D eigenvalue weighted by Gasteiger charge is -2.35. The Bertz CT molecular complexity index is 190. The van der Waals surface area contributed by atoms with Crippen LogP contribution in [0.1, 0.15) is 39.0 Å². The Labute approximate surface area is 92.4 Å². The van der Waals surface area contributed by atoms with Crippen molar-refractivity contribution in [3.63, 3.8) is 0 Å². The fourth-order valence-electron chi connectivity index (χ4n) is 2.91. The van der Waals surface area contributed by atoms with Gasteiger partial charge in [-0.3, -0.25) is 0 Å². The van der Waals surface area contributed by atoms with E-state index in [4.69, 9.17) is 4.74 Å². The largest absolute Gasteiger partial charge is 0.393 e. The van der Waals surface area contributed by atoms with Crippen LogP contribution in [0, 0.1) is 0 Å². The Balaban J connectivity index is 1.73. The molecule has 1 aliphatic carbocycles. The molecule has 0 amide bonds. The molecule has 2 fully saturated rings. The van der Waals surface area contributed by atoms with Crippen molar-refractivity contribution in [2.24, 2.45) is 0 Å². The van der Waals surface area contributed by atoms with E-state index in [1.165, 1.54) is 19.3 Å². The SMILES string of the molecule is CCOC1CCN(C2CCC(O)C2)CC1. The number of ether oxygens (including phenoxy) is 1. The van der Waals surface area contributed by atoms with E-state index in [9.17, 15) is 5.11 Å². The molecule has 0 radical (unpaired) electrons. The summed E-state index contributed by atoms with van der Waals surface area (Å²) in [7, 11) is 0. The number of aliphatic hydroxyl groups is 1. The second-order valence-electron chi connectivity index (χ2n) is 4.81. The van der Waals surface area contributed by atoms with Gasteiger partial charge >= 0.3 is 0 Å². The van der Waals surface area contributed by atoms with E-state index in [2.05, 4.69) is 11.8 Å². The average molecular weight is 213 g/mol. The van der Waals surface area contributed by atoms with Crippen LogP contribution in [0.4, 0.5) is 0 Å². The maximum absolute atomic E-state index is 9.52. The standard InChI is InChI=1S/C12H23NO2/c1-2-15-12-5-7-13(8-6-12)10-3-4-11(14)9-10/h10-12,14H,2-9H2,1H3. The van der Waals surface area contributed by atoms with Gasteiger partial charge in [-0.2, -0.15) is 0 Å². The molecule has 3 heteroatoms. The summed E-state index contributed by atoms with van der Waals surface area (Å²) in [6, 6.07) is 0.641. The first-order chi connectivity index (χ1) is 7.29. The highest BCUT2D eigenvalue weighted by molar-refractivity contribution is 4.85. The number of hydrogen-bond acceptors (Lipinski definition) is 3. The predicted molar refractivity (Wildman–Crippen MR) is 59.9 cm³/mol. The summed E-state index contributed by atoms with van der Waals surface area (Å²) in [5.74, 6) is 0. The van der Waals surface area contributed by atoms with E-state index in [0.717, 1.165) is 32.5 Å². The summed E-state index contributed by atoms with van der Waals surface area (Å²) in [6.07, 6.45) is 5.94. The number of piperidine rings is 1. The number of nitrogens with zero attached hydrogens (tertiary/aromatic N) is 1. The van der Waals surface area contributed by atoms with Crippen LogP contribution in [0.5, 0.6) is 0 Å². The molecule has 1 saturated carbocycles. The monoisotopic (exact) mass is 213 g/mol. The van der Waals surface area contributed by atoms with Gasteiger partial charge in [0.2, 0.25) is 0 Å². The van der Waals surface area contributed by atoms with Crippen molar-refractivity contribution in [2.75, 3.05) is 19.7 Å². The first-order valence-electron chi connectivity index (χ1n) is 6.33. The van der Waals surface area contributed by atoms with Crippen molar-refractivity contribution in [1.82, 2.24) is 4.90 Å². The molecule has 0 aromatic rings. The summed E-state index contributed by atoms with van der Waals surface area (Å²) < 4.78 is 5.64. The first-order valence-corrected chi connectivity index (χ1v) is 6.33. The van der Waals surface area contributed by atoms with Crippen molar-refractivity contribution in [3.05, 3.63) is 0 Å². The van der Waals surface area contributed by atoms with Crippen LogP contribution in [-0.4, -0.2) is 48.0 Å². The summed E-state index contributed by atoms with van der Waals surface area (Å²) in [5, 5.41) is 9.52. The Kier molecular flexibility index (Phi) is 4.00. The molecule has 0 spiro atoms. The van der Waals surface area contributed by atoms with Crippen molar-refractivity contribution in [3.8, 4) is 0 Å². The molecular weight excluding hydrogens is 190 g/mol. The topological polar surface area (TPSA) is 32.7 Å². The van der Waals surface area contributed by atoms with E-state index in [1.54, 1.807) is 0 Å². The van der Waals surface area contributed by atoms with E-state index >= 15 is 0 Å². The molecule has 0 aromatic heterocycles. The smallest absolute Gasteiger partial charge is 0.0599 e. The lowest BCUT2D eigenvalue weighted by molar-refractivity contribution is 0.00337.